The minimum absolute atomic E-state index is 0.0286. The van der Waals surface area contributed by atoms with E-state index in [4.69, 9.17) is 4.74 Å². The predicted octanol–water partition coefficient (Wildman–Crippen LogP) is 4.16. The molecular weight excluding hydrogens is 373 g/mol. The molecule has 0 saturated heterocycles. The lowest BCUT2D eigenvalue weighted by molar-refractivity contribution is -0.119. The van der Waals surface area contributed by atoms with Crippen LogP contribution in [0.3, 0.4) is 0 Å². The Morgan fingerprint density at radius 3 is 2.55 bits per heavy atom. The number of carbonyl (C=O) groups excluding carboxylic acids is 2. The van der Waals surface area contributed by atoms with E-state index in [9.17, 15) is 14.0 Å². The largest absolute Gasteiger partial charge is 0.452 e. The van der Waals surface area contributed by atoms with Crippen LogP contribution < -0.4 is 5.32 Å². The fraction of sp³-hybridized carbons (Fsp3) is 0.0455. The Bertz CT molecular complexity index is 1190. The number of ether oxygens (including phenoxy) is 1. The summed E-state index contributed by atoms with van der Waals surface area (Å²) in [6.45, 7) is -0.524. The third-order valence-corrected chi connectivity index (χ3v) is 4.25. The molecule has 1 amide bonds. The van der Waals surface area contributed by atoms with Crippen LogP contribution in [-0.4, -0.2) is 28.5 Å². The molecule has 0 unspecified atom stereocenters. The van der Waals surface area contributed by atoms with Gasteiger partial charge in [0.1, 0.15) is 11.6 Å². The Morgan fingerprint density at radius 1 is 1.00 bits per heavy atom. The van der Waals surface area contributed by atoms with Gasteiger partial charge in [-0.1, -0.05) is 42.5 Å². The summed E-state index contributed by atoms with van der Waals surface area (Å²) in [5, 5.41) is 2.36. The van der Waals surface area contributed by atoms with Crippen molar-refractivity contribution < 1.29 is 18.7 Å². The molecule has 1 heterocycles. The highest BCUT2D eigenvalue weighted by Crippen LogP contribution is 2.21. The summed E-state index contributed by atoms with van der Waals surface area (Å²) < 4.78 is 18.6. The summed E-state index contributed by atoms with van der Waals surface area (Å²) in [6.07, 6.45) is 0. The second-order valence-electron chi connectivity index (χ2n) is 6.29. The van der Waals surface area contributed by atoms with Crippen molar-refractivity contribution in [3.05, 3.63) is 84.2 Å². The maximum Gasteiger partial charge on any atom is 0.338 e. The van der Waals surface area contributed by atoms with Gasteiger partial charge in [0.05, 0.1) is 22.3 Å². The Morgan fingerprint density at radius 2 is 1.76 bits per heavy atom. The number of amides is 1. The molecule has 0 radical (unpaired) electrons. The Hall–Kier alpha value is -4.00. The van der Waals surface area contributed by atoms with Gasteiger partial charge in [0.2, 0.25) is 0 Å². The number of hydrogen-bond donors (Lipinski definition) is 2. The summed E-state index contributed by atoms with van der Waals surface area (Å²) in [7, 11) is 0. The van der Waals surface area contributed by atoms with Gasteiger partial charge in [-0.3, -0.25) is 4.79 Å². The lowest BCUT2D eigenvalue weighted by atomic mass is 10.2. The first-order valence-electron chi connectivity index (χ1n) is 8.87. The van der Waals surface area contributed by atoms with Gasteiger partial charge in [0.15, 0.2) is 6.61 Å². The van der Waals surface area contributed by atoms with Crippen molar-refractivity contribution in [3.63, 3.8) is 0 Å². The highest BCUT2D eigenvalue weighted by Gasteiger charge is 2.14. The number of anilines is 1. The SMILES string of the molecule is O=C(COC(=O)c1ccc2nc(-c3ccccc3)[nH]c2c1)Nc1ccccc1F. The van der Waals surface area contributed by atoms with Crippen LogP contribution in [0.25, 0.3) is 22.4 Å². The van der Waals surface area contributed by atoms with Crippen molar-refractivity contribution in [1.29, 1.82) is 0 Å². The summed E-state index contributed by atoms with van der Waals surface area (Å²) in [5.41, 5.74) is 2.62. The molecule has 4 aromatic rings. The normalized spacial score (nSPS) is 10.7. The van der Waals surface area contributed by atoms with E-state index in [1.54, 1.807) is 24.3 Å². The predicted molar refractivity (Wildman–Crippen MR) is 107 cm³/mol. The van der Waals surface area contributed by atoms with Gasteiger partial charge in [-0.25, -0.2) is 14.2 Å². The number of halogens is 1. The molecule has 0 bridgehead atoms. The van der Waals surface area contributed by atoms with Crippen LogP contribution in [0.2, 0.25) is 0 Å². The molecule has 0 fully saturated rings. The Kier molecular flexibility index (Phi) is 5.03. The third kappa shape index (κ3) is 4.14. The molecule has 7 heteroatoms. The summed E-state index contributed by atoms with van der Waals surface area (Å²) in [5.74, 6) is -1.16. The molecule has 0 aliphatic carbocycles. The number of para-hydroxylation sites is 1. The van der Waals surface area contributed by atoms with Gasteiger partial charge >= 0.3 is 5.97 Å². The zero-order chi connectivity index (χ0) is 20.2. The van der Waals surface area contributed by atoms with Gasteiger partial charge in [-0.15, -0.1) is 0 Å². The highest BCUT2D eigenvalue weighted by molar-refractivity contribution is 5.97. The van der Waals surface area contributed by atoms with E-state index in [1.165, 1.54) is 18.2 Å². The molecule has 144 valence electrons. The first kappa shape index (κ1) is 18.4. The first-order chi connectivity index (χ1) is 14.1. The van der Waals surface area contributed by atoms with Crippen molar-refractivity contribution >= 4 is 28.6 Å². The van der Waals surface area contributed by atoms with E-state index in [0.29, 0.717) is 16.9 Å². The average Bonchev–Trinajstić information content (AvgIpc) is 3.18. The minimum Gasteiger partial charge on any atom is -0.452 e. The summed E-state index contributed by atoms with van der Waals surface area (Å²) in [6, 6.07) is 20.3. The molecule has 4 rings (SSSR count). The van der Waals surface area contributed by atoms with Crippen LogP contribution in [0, 0.1) is 5.82 Å². The molecule has 0 aliphatic heterocycles. The molecule has 6 nitrogen and oxygen atoms in total. The number of aromatic amines is 1. The number of carbonyl (C=O) groups is 2. The van der Waals surface area contributed by atoms with Crippen LogP contribution in [-0.2, 0) is 9.53 Å². The van der Waals surface area contributed by atoms with Crippen LogP contribution >= 0.6 is 0 Å². The number of benzene rings is 3. The van der Waals surface area contributed by atoms with E-state index >= 15 is 0 Å². The fourth-order valence-electron chi connectivity index (χ4n) is 2.83. The van der Waals surface area contributed by atoms with Gasteiger partial charge < -0.3 is 15.0 Å². The van der Waals surface area contributed by atoms with E-state index in [-0.39, 0.29) is 11.3 Å². The highest BCUT2D eigenvalue weighted by atomic mass is 19.1. The van der Waals surface area contributed by atoms with Crippen molar-refractivity contribution in [1.82, 2.24) is 9.97 Å². The van der Waals surface area contributed by atoms with Crippen molar-refractivity contribution in [2.45, 2.75) is 0 Å². The zero-order valence-corrected chi connectivity index (χ0v) is 15.2. The van der Waals surface area contributed by atoms with Crippen LogP contribution in [0.1, 0.15) is 10.4 Å². The van der Waals surface area contributed by atoms with E-state index in [0.717, 1.165) is 5.56 Å². The van der Waals surface area contributed by atoms with Crippen LogP contribution in [0.15, 0.2) is 72.8 Å². The quantitative estimate of drug-likeness (QED) is 0.502. The van der Waals surface area contributed by atoms with Crippen molar-refractivity contribution in [2.24, 2.45) is 0 Å². The second-order valence-corrected chi connectivity index (χ2v) is 6.29. The van der Waals surface area contributed by atoms with Gasteiger partial charge in [-0.2, -0.15) is 0 Å². The summed E-state index contributed by atoms with van der Waals surface area (Å²) >= 11 is 0. The third-order valence-electron chi connectivity index (χ3n) is 4.25. The van der Waals surface area contributed by atoms with E-state index in [2.05, 4.69) is 15.3 Å². The van der Waals surface area contributed by atoms with Gasteiger partial charge in [0, 0.05) is 5.56 Å². The molecule has 0 atom stereocenters. The number of rotatable bonds is 5. The van der Waals surface area contributed by atoms with Gasteiger partial charge in [0.25, 0.3) is 5.91 Å². The molecular formula is C22H16FN3O3. The number of aromatic nitrogens is 2. The fourth-order valence-corrected chi connectivity index (χ4v) is 2.83. The molecule has 2 N–H and O–H groups in total. The zero-order valence-electron chi connectivity index (χ0n) is 15.2. The smallest absolute Gasteiger partial charge is 0.338 e. The average molecular weight is 389 g/mol. The number of nitrogens with one attached hydrogen (secondary N) is 2. The monoisotopic (exact) mass is 389 g/mol. The van der Waals surface area contributed by atoms with Crippen LogP contribution in [0.5, 0.6) is 0 Å². The second kappa shape index (κ2) is 7.93. The number of H-pyrrole nitrogens is 1. The van der Waals surface area contributed by atoms with Gasteiger partial charge in [-0.05, 0) is 30.3 Å². The van der Waals surface area contributed by atoms with E-state index < -0.39 is 24.3 Å². The number of esters is 1. The maximum absolute atomic E-state index is 13.6. The number of hydrogen-bond acceptors (Lipinski definition) is 4. The molecule has 29 heavy (non-hydrogen) atoms. The molecule has 0 saturated carbocycles. The van der Waals surface area contributed by atoms with E-state index in [1.807, 2.05) is 30.3 Å². The Balaban J connectivity index is 1.43. The first-order valence-corrected chi connectivity index (χ1v) is 8.87. The standard InChI is InChI=1S/C22H16FN3O3/c23-16-8-4-5-9-17(16)24-20(27)13-29-22(28)15-10-11-18-19(12-15)26-21(25-18)14-6-2-1-3-7-14/h1-12H,13H2,(H,24,27)(H,25,26). The topological polar surface area (TPSA) is 84.1 Å². The molecule has 3 aromatic carbocycles. The number of imidazole rings is 1. The lowest BCUT2D eigenvalue weighted by Gasteiger charge is -2.07. The molecule has 1 aromatic heterocycles. The Labute approximate surface area is 165 Å². The number of nitrogens with zero attached hydrogens (tertiary/aromatic N) is 1. The minimum atomic E-state index is -0.661. The van der Waals surface area contributed by atoms with Crippen molar-refractivity contribution in [3.8, 4) is 11.4 Å². The van der Waals surface area contributed by atoms with Crippen molar-refractivity contribution in [2.75, 3.05) is 11.9 Å². The van der Waals surface area contributed by atoms with Crippen LogP contribution in [0.4, 0.5) is 10.1 Å². The number of fused-ring (bicyclic) bond motifs is 1. The lowest BCUT2D eigenvalue weighted by Crippen LogP contribution is -2.21. The molecule has 0 aliphatic rings. The maximum atomic E-state index is 13.6. The molecule has 0 spiro atoms. The summed E-state index contributed by atoms with van der Waals surface area (Å²) in [4.78, 5) is 31.9.